The van der Waals surface area contributed by atoms with Gasteiger partial charge in [-0.2, -0.15) is 0 Å². The zero-order valence-electron chi connectivity index (χ0n) is 12.9. The summed E-state index contributed by atoms with van der Waals surface area (Å²) < 4.78 is 5.17. The minimum atomic E-state index is -0.760. The zero-order valence-corrected chi connectivity index (χ0v) is 13.7. The quantitative estimate of drug-likeness (QED) is 0.645. The summed E-state index contributed by atoms with van der Waals surface area (Å²) >= 11 is 1.83. The number of esters is 1. The van der Waals surface area contributed by atoms with Gasteiger partial charge in [-0.3, -0.25) is 4.79 Å². The van der Waals surface area contributed by atoms with Gasteiger partial charge < -0.3 is 10.5 Å². The fourth-order valence-corrected chi connectivity index (χ4v) is 3.96. The SMILES string of the molecule is CCOC(=O)C1(N)CCCC1CCSc1ccc(C)cc1. The summed E-state index contributed by atoms with van der Waals surface area (Å²) in [4.78, 5) is 13.4. The van der Waals surface area contributed by atoms with Crippen LogP contribution in [0.15, 0.2) is 29.2 Å². The highest BCUT2D eigenvalue weighted by molar-refractivity contribution is 7.99. The van der Waals surface area contributed by atoms with Gasteiger partial charge in [0.15, 0.2) is 0 Å². The lowest BCUT2D eigenvalue weighted by Crippen LogP contribution is -2.52. The third kappa shape index (κ3) is 4.01. The van der Waals surface area contributed by atoms with Crippen LogP contribution in [-0.4, -0.2) is 23.9 Å². The van der Waals surface area contributed by atoms with E-state index in [1.54, 1.807) is 0 Å². The topological polar surface area (TPSA) is 52.3 Å². The molecule has 21 heavy (non-hydrogen) atoms. The van der Waals surface area contributed by atoms with Crippen LogP contribution in [0.1, 0.15) is 38.2 Å². The molecule has 0 heterocycles. The van der Waals surface area contributed by atoms with Crippen LogP contribution in [0.4, 0.5) is 0 Å². The van der Waals surface area contributed by atoms with Crippen LogP contribution in [0.5, 0.6) is 0 Å². The molecule has 0 amide bonds. The first-order valence-corrected chi connectivity index (χ1v) is 8.70. The molecule has 116 valence electrons. The summed E-state index contributed by atoms with van der Waals surface area (Å²) in [7, 11) is 0. The van der Waals surface area contributed by atoms with Gasteiger partial charge in [-0.05, 0) is 56.9 Å². The molecule has 1 saturated carbocycles. The van der Waals surface area contributed by atoms with Crippen LogP contribution >= 0.6 is 11.8 Å². The lowest BCUT2D eigenvalue weighted by Gasteiger charge is -2.28. The van der Waals surface area contributed by atoms with Crippen LogP contribution in [0.3, 0.4) is 0 Å². The molecule has 0 saturated heterocycles. The molecule has 1 aromatic rings. The first kappa shape index (κ1) is 16.4. The van der Waals surface area contributed by atoms with E-state index in [-0.39, 0.29) is 11.9 Å². The van der Waals surface area contributed by atoms with Crippen LogP contribution < -0.4 is 5.73 Å². The van der Waals surface area contributed by atoms with E-state index in [0.717, 1.165) is 31.4 Å². The zero-order chi connectivity index (χ0) is 15.3. The Balaban J connectivity index is 1.87. The monoisotopic (exact) mass is 307 g/mol. The van der Waals surface area contributed by atoms with E-state index in [9.17, 15) is 4.79 Å². The maximum absolute atomic E-state index is 12.1. The third-order valence-corrected chi connectivity index (χ3v) is 5.33. The minimum absolute atomic E-state index is 0.215. The van der Waals surface area contributed by atoms with Gasteiger partial charge in [0.2, 0.25) is 0 Å². The summed E-state index contributed by atoms with van der Waals surface area (Å²) in [5.74, 6) is 1.02. The van der Waals surface area contributed by atoms with Crippen LogP contribution in [0.25, 0.3) is 0 Å². The largest absolute Gasteiger partial charge is 0.465 e. The summed E-state index contributed by atoms with van der Waals surface area (Å²) in [6, 6.07) is 8.55. The predicted octanol–water partition coefficient (Wildman–Crippen LogP) is 3.54. The number of hydrogen-bond acceptors (Lipinski definition) is 4. The summed E-state index contributed by atoms with van der Waals surface area (Å²) in [6.07, 6.45) is 3.78. The smallest absolute Gasteiger partial charge is 0.326 e. The van der Waals surface area contributed by atoms with Crippen molar-refractivity contribution >= 4 is 17.7 Å². The van der Waals surface area contributed by atoms with Gasteiger partial charge in [-0.1, -0.05) is 24.1 Å². The number of thioether (sulfide) groups is 1. The van der Waals surface area contributed by atoms with E-state index in [1.165, 1.54) is 10.5 Å². The van der Waals surface area contributed by atoms with Gasteiger partial charge in [-0.15, -0.1) is 11.8 Å². The van der Waals surface area contributed by atoms with Gasteiger partial charge in [0.1, 0.15) is 5.54 Å². The van der Waals surface area contributed by atoms with E-state index in [4.69, 9.17) is 10.5 Å². The molecule has 0 bridgehead atoms. The molecule has 4 heteroatoms. The van der Waals surface area contributed by atoms with Crippen LogP contribution in [0.2, 0.25) is 0 Å². The number of ether oxygens (including phenoxy) is 1. The molecule has 1 fully saturated rings. The summed E-state index contributed by atoms with van der Waals surface area (Å²) in [5.41, 5.74) is 6.86. The molecule has 0 radical (unpaired) electrons. The molecule has 0 aliphatic heterocycles. The van der Waals surface area contributed by atoms with E-state index in [1.807, 2.05) is 18.7 Å². The second-order valence-corrected chi connectivity index (χ2v) is 6.97. The molecule has 2 rings (SSSR count). The molecule has 3 nitrogen and oxygen atoms in total. The fourth-order valence-electron chi connectivity index (χ4n) is 2.99. The van der Waals surface area contributed by atoms with E-state index in [0.29, 0.717) is 6.61 Å². The van der Waals surface area contributed by atoms with Crippen molar-refractivity contribution in [2.75, 3.05) is 12.4 Å². The van der Waals surface area contributed by atoms with Gasteiger partial charge >= 0.3 is 5.97 Å². The Morgan fingerprint density at radius 1 is 1.43 bits per heavy atom. The van der Waals surface area contributed by atoms with Crippen LogP contribution in [0, 0.1) is 12.8 Å². The molecule has 0 spiro atoms. The molecule has 2 N–H and O–H groups in total. The maximum Gasteiger partial charge on any atom is 0.326 e. The van der Waals surface area contributed by atoms with Crippen LogP contribution in [-0.2, 0) is 9.53 Å². The second-order valence-electron chi connectivity index (χ2n) is 5.80. The highest BCUT2D eigenvalue weighted by Gasteiger charge is 2.46. The Labute approximate surface area is 131 Å². The molecule has 1 aliphatic carbocycles. The number of carbonyl (C=O) groups excluding carboxylic acids is 1. The molecule has 1 aliphatic rings. The molecule has 2 unspecified atom stereocenters. The highest BCUT2D eigenvalue weighted by atomic mass is 32.2. The molecule has 1 aromatic carbocycles. The van der Waals surface area contributed by atoms with E-state index in [2.05, 4.69) is 31.2 Å². The minimum Gasteiger partial charge on any atom is -0.465 e. The second kappa shape index (κ2) is 7.32. The number of carbonyl (C=O) groups is 1. The van der Waals surface area contributed by atoms with Crippen molar-refractivity contribution in [3.8, 4) is 0 Å². The van der Waals surface area contributed by atoms with Gasteiger partial charge in [0.25, 0.3) is 0 Å². The first-order chi connectivity index (χ1) is 10.1. The van der Waals surface area contributed by atoms with E-state index >= 15 is 0 Å². The van der Waals surface area contributed by atoms with Crippen molar-refractivity contribution in [2.24, 2.45) is 11.7 Å². The van der Waals surface area contributed by atoms with Crippen molar-refractivity contribution in [1.82, 2.24) is 0 Å². The average Bonchev–Trinajstić information content (AvgIpc) is 2.84. The molecule has 0 aromatic heterocycles. The molecule has 2 atom stereocenters. The predicted molar refractivity (Wildman–Crippen MR) is 87.4 cm³/mol. The normalized spacial score (nSPS) is 25.0. The fraction of sp³-hybridized carbons (Fsp3) is 0.588. The Hall–Kier alpha value is -1.00. The number of aryl methyl sites for hydroxylation is 1. The number of nitrogens with two attached hydrogens (primary N) is 1. The Bertz CT molecular complexity index is 474. The van der Waals surface area contributed by atoms with Crippen molar-refractivity contribution in [3.63, 3.8) is 0 Å². The molecular formula is C17H25NO2S. The lowest BCUT2D eigenvalue weighted by molar-refractivity contribution is -0.151. The van der Waals surface area contributed by atoms with Crippen molar-refractivity contribution < 1.29 is 9.53 Å². The maximum atomic E-state index is 12.1. The highest BCUT2D eigenvalue weighted by Crippen LogP contribution is 2.38. The number of rotatable bonds is 6. The lowest BCUT2D eigenvalue weighted by atomic mass is 9.86. The van der Waals surface area contributed by atoms with Crippen molar-refractivity contribution in [1.29, 1.82) is 0 Å². The standard InChI is InChI=1S/C17H25NO2S/c1-3-20-16(19)17(18)11-4-5-14(17)10-12-21-15-8-6-13(2)7-9-15/h6-9,14H,3-5,10-12,18H2,1-2H3. The van der Waals surface area contributed by atoms with Crippen molar-refractivity contribution in [2.45, 2.75) is 50.0 Å². The number of hydrogen-bond donors (Lipinski definition) is 1. The Morgan fingerprint density at radius 3 is 2.81 bits per heavy atom. The van der Waals surface area contributed by atoms with Gasteiger partial charge in [0, 0.05) is 4.90 Å². The van der Waals surface area contributed by atoms with Gasteiger partial charge in [-0.25, -0.2) is 0 Å². The Morgan fingerprint density at radius 2 is 2.14 bits per heavy atom. The first-order valence-electron chi connectivity index (χ1n) is 7.72. The summed E-state index contributed by atoms with van der Waals surface area (Å²) in [5, 5.41) is 0. The van der Waals surface area contributed by atoms with E-state index < -0.39 is 5.54 Å². The third-order valence-electron chi connectivity index (χ3n) is 4.28. The Kier molecular flexibility index (Phi) is 5.71. The average molecular weight is 307 g/mol. The number of benzene rings is 1. The summed E-state index contributed by atoms with van der Waals surface area (Å²) in [6.45, 7) is 4.33. The molecular weight excluding hydrogens is 282 g/mol. The van der Waals surface area contributed by atoms with Crippen molar-refractivity contribution in [3.05, 3.63) is 29.8 Å². The van der Waals surface area contributed by atoms with Gasteiger partial charge in [0.05, 0.1) is 6.61 Å².